The summed E-state index contributed by atoms with van der Waals surface area (Å²) < 4.78 is 8.01. The third-order valence-corrected chi connectivity index (χ3v) is 6.03. The lowest BCUT2D eigenvalue weighted by atomic mass is 10.1. The Kier molecular flexibility index (Phi) is 4.79. The largest absolute Gasteiger partial charge is 0.507 e. The molecule has 144 valence electrons. The van der Waals surface area contributed by atoms with Crippen molar-refractivity contribution >= 4 is 44.0 Å². The van der Waals surface area contributed by atoms with E-state index >= 15 is 0 Å². The Bertz CT molecular complexity index is 1320. The van der Waals surface area contributed by atoms with Crippen LogP contribution in [0.25, 0.3) is 26.7 Å². The Morgan fingerprint density at radius 1 is 1.24 bits per heavy atom. The number of allylic oxidation sites excluding steroid dienone is 1. The van der Waals surface area contributed by atoms with Crippen LogP contribution < -0.4 is 0 Å². The first-order valence-corrected chi connectivity index (χ1v) is 9.72. The molecular weight excluding hydrogens is 386 g/mol. The lowest BCUT2D eigenvalue weighted by molar-refractivity contribution is 0.0508. The minimum absolute atomic E-state index is 0.0236. The monoisotopic (exact) mass is 403 g/mol. The Morgan fingerprint density at radius 2 is 1.97 bits per heavy atom. The van der Waals surface area contributed by atoms with Gasteiger partial charge in [0.25, 0.3) is 0 Å². The molecular formula is C22H17N3O3S. The average molecular weight is 403 g/mol. The molecule has 2 heterocycles. The quantitative estimate of drug-likeness (QED) is 0.302. The second-order valence-corrected chi connectivity index (χ2v) is 7.60. The number of aromatic nitrogens is 2. The molecule has 0 bridgehead atoms. The Hall–Kier alpha value is -3.63. The van der Waals surface area contributed by atoms with Gasteiger partial charge in [0.15, 0.2) is 11.6 Å². The molecule has 0 aliphatic carbocycles. The first-order chi connectivity index (χ1) is 14.0. The molecule has 0 radical (unpaired) electrons. The van der Waals surface area contributed by atoms with E-state index in [0.29, 0.717) is 16.2 Å². The van der Waals surface area contributed by atoms with Crippen LogP contribution in [0.15, 0.2) is 54.3 Å². The number of aryl methyl sites for hydroxylation is 2. The van der Waals surface area contributed by atoms with Crippen molar-refractivity contribution in [3.63, 3.8) is 0 Å². The van der Waals surface area contributed by atoms with Gasteiger partial charge in [0.1, 0.15) is 23.1 Å². The van der Waals surface area contributed by atoms with Gasteiger partial charge in [0, 0.05) is 11.7 Å². The van der Waals surface area contributed by atoms with Gasteiger partial charge in [-0.3, -0.25) is 0 Å². The van der Waals surface area contributed by atoms with Gasteiger partial charge in [0.2, 0.25) is 0 Å². The minimum atomic E-state index is -0.530. The zero-order chi connectivity index (χ0) is 20.5. The molecule has 0 saturated heterocycles. The van der Waals surface area contributed by atoms with Gasteiger partial charge < -0.3 is 14.4 Å². The second-order valence-electron chi connectivity index (χ2n) is 6.55. The summed E-state index contributed by atoms with van der Waals surface area (Å²) in [5.41, 5.74) is 2.36. The molecule has 4 rings (SSSR count). The molecule has 1 N–H and O–H groups in total. The number of aliphatic hydroxyl groups is 1. The van der Waals surface area contributed by atoms with Crippen LogP contribution in [-0.4, -0.2) is 27.2 Å². The first-order valence-electron chi connectivity index (χ1n) is 8.90. The predicted octanol–water partition coefficient (Wildman–Crippen LogP) is 4.75. The molecule has 2 aromatic heterocycles. The van der Waals surface area contributed by atoms with Crippen molar-refractivity contribution in [3.05, 3.63) is 70.6 Å². The van der Waals surface area contributed by atoms with Crippen molar-refractivity contribution in [2.75, 3.05) is 6.61 Å². The van der Waals surface area contributed by atoms with E-state index in [1.54, 1.807) is 11.6 Å². The number of nitrogens with zero attached hydrogens (tertiary/aromatic N) is 3. The summed E-state index contributed by atoms with van der Waals surface area (Å²) in [4.78, 5) is 17.4. The molecule has 0 amide bonds. The molecule has 0 fully saturated rings. The van der Waals surface area contributed by atoms with Gasteiger partial charge in [-0.05, 0) is 36.1 Å². The van der Waals surface area contributed by atoms with Crippen molar-refractivity contribution < 1.29 is 14.6 Å². The van der Waals surface area contributed by atoms with Crippen LogP contribution in [0.5, 0.6) is 0 Å². The summed E-state index contributed by atoms with van der Waals surface area (Å²) >= 11 is 1.35. The van der Waals surface area contributed by atoms with E-state index in [0.717, 1.165) is 21.2 Å². The van der Waals surface area contributed by atoms with Crippen LogP contribution in [0.3, 0.4) is 0 Å². The van der Waals surface area contributed by atoms with E-state index in [1.807, 2.05) is 61.5 Å². The van der Waals surface area contributed by atoms with Crippen LogP contribution in [0, 0.1) is 18.3 Å². The number of nitriles is 1. The van der Waals surface area contributed by atoms with Crippen molar-refractivity contribution in [3.8, 4) is 6.07 Å². The van der Waals surface area contributed by atoms with Gasteiger partial charge in [-0.2, -0.15) is 5.26 Å². The molecule has 0 saturated carbocycles. The number of carbonyl (C=O) groups excluding carboxylic acids is 1. The number of esters is 1. The van der Waals surface area contributed by atoms with E-state index in [9.17, 15) is 15.2 Å². The standard InChI is InChI=1S/C22H17N3O3S/c1-13-14-7-3-6-10-19(14)29-20(13)22(27)28-12-18(26)15(11-23)21-24-16-8-4-5-9-17(16)25(21)2/h3-10,26H,12H2,1-2H3/b18-15-. The number of thiophene rings is 1. The summed E-state index contributed by atoms with van der Waals surface area (Å²) in [6.45, 7) is 1.46. The van der Waals surface area contributed by atoms with Crippen molar-refractivity contribution in [2.24, 2.45) is 7.05 Å². The number of carbonyl (C=O) groups is 1. The van der Waals surface area contributed by atoms with Gasteiger partial charge in [0.05, 0.1) is 11.0 Å². The fourth-order valence-corrected chi connectivity index (χ4v) is 4.36. The second kappa shape index (κ2) is 7.41. The smallest absolute Gasteiger partial charge is 0.349 e. The fraction of sp³-hybridized carbons (Fsp3) is 0.136. The molecule has 29 heavy (non-hydrogen) atoms. The zero-order valence-corrected chi connectivity index (χ0v) is 16.7. The summed E-state index contributed by atoms with van der Waals surface area (Å²) in [7, 11) is 1.77. The van der Waals surface area contributed by atoms with Crippen molar-refractivity contribution in [1.29, 1.82) is 5.26 Å². The van der Waals surface area contributed by atoms with E-state index in [1.165, 1.54) is 11.3 Å². The number of rotatable bonds is 4. The molecule has 0 unspecified atom stereocenters. The SMILES string of the molecule is Cc1c(C(=O)OC/C(O)=C(\C#N)c2nc3ccccc3n2C)sc2ccccc12. The Balaban J connectivity index is 1.61. The van der Waals surface area contributed by atoms with Crippen molar-refractivity contribution in [1.82, 2.24) is 9.55 Å². The van der Waals surface area contributed by atoms with Crippen LogP contribution in [0.4, 0.5) is 0 Å². The van der Waals surface area contributed by atoms with Crippen LogP contribution in [0.1, 0.15) is 21.1 Å². The molecule has 4 aromatic rings. The highest BCUT2D eigenvalue weighted by atomic mass is 32.1. The third-order valence-electron chi connectivity index (χ3n) is 4.78. The fourth-order valence-electron chi connectivity index (χ4n) is 3.25. The Morgan fingerprint density at radius 3 is 2.69 bits per heavy atom. The molecule has 0 aliphatic rings. The Labute approximate surface area is 170 Å². The highest BCUT2D eigenvalue weighted by Crippen LogP contribution is 2.31. The van der Waals surface area contributed by atoms with Gasteiger partial charge >= 0.3 is 5.97 Å². The van der Waals surface area contributed by atoms with Gasteiger partial charge in [-0.1, -0.05) is 30.3 Å². The topological polar surface area (TPSA) is 88.1 Å². The number of hydrogen-bond donors (Lipinski definition) is 1. The number of benzene rings is 2. The lowest BCUT2D eigenvalue weighted by Crippen LogP contribution is -2.09. The molecule has 0 aliphatic heterocycles. The van der Waals surface area contributed by atoms with Crippen molar-refractivity contribution in [2.45, 2.75) is 6.92 Å². The van der Waals surface area contributed by atoms with Gasteiger partial charge in [-0.15, -0.1) is 11.3 Å². The molecule has 6 nitrogen and oxygen atoms in total. The van der Waals surface area contributed by atoms with E-state index < -0.39 is 12.6 Å². The number of ether oxygens (including phenoxy) is 1. The van der Waals surface area contributed by atoms with E-state index in [-0.39, 0.29) is 11.3 Å². The minimum Gasteiger partial charge on any atom is -0.507 e. The maximum absolute atomic E-state index is 12.5. The molecule has 2 aromatic carbocycles. The van der Waals surface area contributed by atoms with Crippen LogP contribution in [-0.2, 0) is 11.8 Å². The molecule has 7 heteroatoms. The summed E-state index contributed by atoms with van der Waals surface area (Å²) in [6.07, 6.45) is 0. The highest BCUT2D eigenvalue weighted by molar-refractivity contribution is 7.21. The summed E-state index contributed by atoms with van der Waals surface area (Å²) in [5.74, 6) is -0.546. The maximum atomic E-state index is 12.5. The third kappa shape index (κ3) is 3.24. The molecule has 0 spiro atoms. The summed E-state index contributed by atoms with van der Waals surface area (Å²) in [5, 5.41) is 21.0. The normalized spacial score (nSPS) is 12.0. The van der Waals surface area contributed by atoms with E-state index in [2.05, 4.69) is 4.98 Å². The van der Waals surface area contributed by atoms with Crippen LogP contribution in [0.2, 0.25) is 0 Å². The first kappa shape index (κ1) is 18.7. The zero-order valence-electron chi connectivity index (χ0n) is 15.8. The van der Waals surface area contributed by atoms with Crippen LogP contribution >= 0.6 is 11.3 Å². The summed E-state index contributed by atoms with van der Waals surface area (Å²) in [6, 6.07) is 17.1. The number of hydrogen-bond acceptors (Lipinski definition) is 6. The predicted molar refractivity (Wildman–Crippen MR) is 113 cm³/mol. The number of fused-ring (bicyclic) bond motifs is 2. The maximum Gasteiger partial charge on any atom is 0.349 e. The number of aliphatic hydroxyl groups excluding tert-OH is 1. The average Bonchev–Trinajstić information content (AvgIpc) is 3.25. The lowest BCUT2D eigenvalue weighted by Gasteiger charge is -2.06. The number of imidazole rings is 1. The van der Waals surface area contributed by atoms with E-state index in [4.69, 9.17) is 4.74 Å². The molecule has 0 atom stereocenters. The number of para-hydroxylation sites is 2. The highest BCUT2D eigenvalue weighted by Gasteiger charge is 2.20. The van der Waals surface area contributed by atoms with Gasteiger partial charge in [-0.25, -0.2) is 9.78 Å².